The van der Waals surface area contributed by atoms with Gasteiger partial charge < -0.3 is 15.0 Å². The third-order valence-electron chi connectivity index (χ3n) is 7.54. The molecule has 6 rings (SSSR count). The average molecular weight is 567 g/mol. The number of ether oxygens (including phenoxy) is 1. The summed E-state index contributed by atoms with van der Waals surface area (Å²) in [6.45, 7) is 5.77. The van der Waals surface area contributed by atoms with Crippen molar-refractivity contribution in [1.82, 2.24) is 24.9 Å². The Labute approximate surface area is 232 Å². The van der Waals surface area contributed by atoms with Gasteiger partial charge >= 0.3 is 6.18 Å². The molecule has 2 aromatic heterocycles. The van der Waals surface area contributed by atoms with Gasteiger partial charge in [-0.05, 0) is 57.9 Å². The molecule has 1 aliphatic heterocycles. The van der Waals surface area contributed by atoms with E-state index in [1.165, 1.54) is 6.07 Å². The van der Waals surface area contributed by atoms with Crippen LogP contribution in [0.1, 0.15) is 43.6 Å². The van der Waals surface area contributed by atoms with E-state index in [1.807, 2.05) is 11.0 Å². The van der Waals surface area contributed by atoms with Crippen LogP contribution in [0.3, 0.4) is 0 Å². The molecular weight excluding hydrogens is 540 g/mol. The number of aryl methyl sites for hydroxylation is 1. The number of halogens is 4. The van der Waals surface area contributed by atoms with Gasteiger partial charge in [-0.1, -0.05) is 24.0 Å². The van der Waals surface area contributed by atoms with Gasteiger partial charge in [-0.2, -0.15) is 18.2 Å². The molecule has 2 aromatic carbocycles. The first-order chi connectivity index (χ1) is 19.4. The van der Waals surface area contributed by atoms with Gasteiger partial charge in [0.05, 0.1) is 29.7 Å². The Morgan fingerprint density at radius 1 is 1.12 bits per heavy atom. The lowest BCUT2D eigenvalue weighted by Gasteiger charge is -2.26. The van der Waals surface area contributed by atoms with Crippen molar-refractivity contribution in [3.63, 3.8) is 0 Å². The second-order valence-corrected chi connectivity index (χ2v) is 10.9. The molecule has 4 aromatic rings. The lowest BCUT2D eigenvalue weighted by Crippen LogP contribution is -2.49. The van der Waals surface area contributed by atoms with Crippen molar-refractivity contribution in [2.24, 2.45) is 5.41 Å². The molecule has 1 fully saturated rings. The van der Waals surface area contributed by atoms with E-state index < -0.39 is 28.9 Å². The molecule has 2 aliphatic rings. The van der Waals surface area contributed by atoms with Crippen molar-refractivity contribution in [1.29, 1.82) is 0 Å². The Kier molecular flexibility index (Phi) is 6.19. The van der Waals surface area contributed by atoms with Gasteiger partial charge in [-0.25, -0.2) is 4.39 Å². The van der Waals surface area contributed by atoms with Crippen LogP contribution in [0.5, 0.6) is 0 Å². The van der Waals surface area contributed by atoms with Gasteiger partial charge in [-0.3, -0.25) is 9.20 Å². The predicted molar refractivity (Wildman–Crippen MR) is 143 cm³/mol. The number of nitrogens with zero attached hydrogens (tertiary/aromatic N) is 5. The molecule has 1 N–H and O–H groups in total. The normalized spacial score (nSPS) is 16.6. The number of hydrogen-bond donors (Lipinski definition) is 1. The number of nitrogens with one attached hydrogen (secondary N) is 1. The fraction of sp³-hybridized carbons (Fsp3) is 0.379. The number of aromatic nitrogens is 4. The largest absolute Gasteiger partial charge is 0.403 e. The number of carbonyl (C=O) groups is 1. The third kappa shape index (κ3) is 4.54. The van der Waals surface area contributed by atoms with Crippen LogP contribution in [-0.2, 0) is 16.1 Å². The summed E-state index contributed by atoms with van der Waals surface area (Å²) in [5, 5.41) is 11.0. The molecule has 1 saturated carbocycles. The molecule has 0 atom stereocenters. The quantitative estimate of drug-likeness (QED) is 0.278. The predicted octanol–water partition coefficient (Wildman–Crippen LogP) is 4.98. The summed E-state index contributed by atoms with van der Waals surface area (Å²) < 4.78 is 63.2. The van der Waals surface area contributed by atoms with Crippen molar-refractivity contribution >= 4 is 34.1 Å². The van der Waals surface area contributed by atoms with E-state index >= 15 is 4.39 Å². The number of hydrogen-bond acceptors (Lipinski definition) is 6. The van der Waals surface area contributed by atoms with Crippen molar-refractivity contribution < 1.29 is 27.1 Å². The zero-order valence-corrected chi connectivity index (χ0v) is 22.6. The fourth-order valence-corrected chi connectivity index (χ4v) is 5.16. The Balaban J connectivity index is 1.40. The van der Waals surface area contributed by atoms with Gasteiger partial charge in [-0.15, -0.1) is 10.2 Å². The number of alkyl halides is 3. The number of carbonyl (C=O) groups excluding carboxylic acids is 1. The highest BCUT2D eigenvalue weighted by molar-refractivity contribution is 5.94. The van der Waals surface area contributed by atoms with E-state index in [4.69, 9.17) is 4.74 Å². The van der Waals surface area contributed by atoms with E-state index in [2.05, 4.69) is 32.3 Å². The Hall–Kier alpha value is -4.24. The van der Waals surface area contributed by atoms with Crippen LogP contribution in [0, 0.1) is 30.0 Å². The topological polar surface area (TPSA) is 84.7 Å². The van der Waals surface area contributed by atoms with Crippen molar-refractivity contribution in [2.75, 3.05) is 18.1 Å². The van der Waals surface area contributed by atoms with Crippen LogP contribution in [0.2, 0.25) is 0 Å². The van der Waals surface area contributed by atoms with Gasteiger partial charge in [0.1, 0.15) is 22.9 Å². The molecule has 0 saturated heterocycles. The molecule has 12 heteroatoms. The number of rotatable bonds is 3. The zero-order chi connectivity index (χ0) is 29.2. The third-order valence-corrected chi connectivity index (χ3v) is 7.54. The highest BCUT2D eigenvalue weighted by Gasteiger charge is 2.68. The van der Waals surface area contributed by atoms with Crippen molar-refractivity contribution in [3.05, 3.63) is 59.2 Å². The first kappa shape index (κ1) is 27.0. The Morgan fingerprint density at radius 2 is 1.88 bits per heavy atom. The summed E-state index contributed by atoms with van der Waals surface area (Å²) in [5.74, 6) is 5.70. The standard InChI is InChI=1S/C29H26F4N6O2/c1-17-36-37-26-34-24(23-20(30)7-5-9-22(23)39(17)26)38-14-15-41-16-19-18(6-4-8-21(19)38)10-11-27(2,3)35-25(40)28(12-13-28)29(31,32)33/h4-9H,12-16H2,1-3H3,(H,35,40). The number of benzene rings is 2. The molecule has 41 heavy (non-hydrogen) atoms. The van der Waals surface area contributed by atoms with Crippen LogP contribution in [0.25, 0.3) is 16.7 Å². The monoisotopic (exact) mass is 566 g/mol. The van der Waals surface area contributed by atoms with Crippen LogP contribution in [0.4, 0.5) is 29.1 Å². The van der Waals surface area contributed by atoms with Gasteiger partial charge in [0, 0.05) is 23.4 Å². The first-order valence-corrected chi connectivity index (χ1v) is 13.1. The SMILES string of the molecule is Cc1nnc2nc(N3CCOCc4c(C#CC(C)(C)NC(=O)C5(C(F)(F)F)CC5)cccc43)c3c(F)cccc3n12. The summed E-state index contributed by atoms with van der Waals surface area (Å²) in [5.41, 5.74) is -1.03. The Bertz CT molecular complexity index is 1760. The summed E-state index contributed by atoms with van der Waals surface area (Å²) in [6, 6.07) is 10.2. The van der Waals surface area contributed by atoms with E-state index in [1.54, 1.807) is 49.4 Å². The second-order valence-electron chi connectivity index (χ2n) is 10.9. The smallest absolute Gasteiger partial charge is 0.375 e. The van der Waals surface area contributed by atoms with Gasteiger partial charge in [0.25, 0.3) is 5.78 Å². The van der Waals surface area contributed by atoms with Gasteiger partial charge in [0.2, 0.25) is 5.91 Å². The lowest BCUT2D eigenvalue weighted by atomic mass is 9.99. The maximum Gasteiger partial charge on any atom is 0.403 e. The minimum atomic E-state index is -4.61. The average Bonchev–Trinajstić information content (AvgIpc) is 3.69. The second kappa shape index (κ2) is 9.41. The van der Waals surface area contributed by atoms with E-state index in [9.17, 15) is 18.0 Å². The summed E-state index contributed by atoms with van der Waals surface area (Å²) in [7, 11) is 0. The first-order valence-electron chi connectivity index (χ1n) is 13.1. The van der Waals surface area contributed by atoms with Gasteiger partial charge in [0.15, 0.2) is 0 Å². The molecule has 0 unspecified atom stereocenters. The van der Waals surface area contributed by atoms with E-state index in [0.29, 0.717) is 58.3 Å². The van der Waals surface area contributed by atoms with Crippen molar-refractivity contribution in [2.45, 2.75) is 51.9 Å². The molecule has 0 radical (unpaired) electrons. The zero-order valence-electron chi connectivity index (χ0n) is 22.6. The van der Waals surface area contributed by atoms with Crippen LogP contribution >= 0.6 is 0 Å². The molecule has 0 bridgehead atoms. The Morgan fingerprint density at radius 3 is 2.61 bits per heavy atom. The molecule has 8 nitrogen and oxygen atoms in total. The maximum atomic E-state index is 15.4. The fourth-order valence-electron chi connectivity index (χ4n) is 5.16. The number of fused-ring (bicyclic) bond motifs is 4. The molecule has 3 heterocycles. The molecule has 1 amide bonds. The minimum Gasteiger partial charge on any atom is -0.375 e. The minimum absolute atomic E-state index is 0.202. The molecule has 0 spiro atoms. The summed E-state index contributed by atoms with van der Waals surface area (Å²) >= 11 is 0. The lowest BCUT2D eigenvalue weighted by molar-refractivity contribution is -0.192. The summed E-state index contributed by atoms with van der Waals surface area (Å²) in [6.07, 6.45) is -5.06. The highest BCUT2D eigenvalue weighted by Crippen LogP contribution is 2.57. The van der Waals surface area contributed by atoms with Crippen LogP contribution < -0.4 is 10.2 Å². The van der Waals surface area contributed by atoms with E-state index in [0.717, 1.165) is 0 Å². The molecule has 212 valence electrons. The highest BCUT2D eigenvalue weighted by atomic mass is 19.4. The van der Waals surface area contributed by atoms with Crippen LogP contribution in [-0.4, -0.2) is 50.4 Å². The number of anilines is 2. The molecular formula is C29H26F4N6O2. The van der Waals surface area contributed by atoms with E-state index in [-0.39, 0.29) is 19.4 Å². The molecule has 1 aliphatic carbocycles. The van der Waals surface area contributed by atoms with Crippen molar-refractivity contribution in [3.8, 4) is 11.8 Å². The summed E-state index contributed by atoms with van der Waals surface area (Å²) in [4.78, 5) is 19.1. The van der Waals surface area contributed by atoms with Crippen LogP contribution in [0.15, 0.2) is 36.4 Å². The maximum absolute atomic E-state index is 15.4. The number of amides is 1.